The van der Waals surface area contributed by atoms with Gasteiger partial charge in [-0.3, -0.25) is 15.1 Å². The van der Waals surface area contributed by atoms with Crippen LogP contribution in [0, 0.1) is 47.3 Å². The molecular weight excluding hydrogens is 402 g/mol. The van der Waals surface area contributed by atoms with Gasteiger partial charge in [-0.25, -0.2) is 4.68 Å². The molecule has 4 unspecified atom stereocenters. The SMILES string of the molecule is Cc1cc(N2CCC(C)C2)cn(/N=C/C2CC3(CCC3N3CC4C(C3)C4C(=O)O)C2)c1=N. The van der Waals surface area contributed by atoms with Crippen molar-refractivity contribution in [3.8, 4) is 0 Å². The van der Waals surface area contributed by atoms with Gasteiger partial charge in [-0.15, -0.1) is 0 Å². The standard InChI is InChI=1S/C25H35N5O2/c1-15-4-6-28(11-15)18-7-16(2)23(26)30(12-18)27-10-17-8-25(9-17)5-3-21(25)29-13-19-20(14-29)22(19)24(31)32/h7,10,12,15,17,19-22,26H,3-6,8-9,11,13-14H2,1-2H3,(H,31,32)/b26-23?,27-10+. The van der Waals surface area contributed by atoms with Crippen LogP contribution in [0.4, 0.5) is 5.69 Å². The van der Waals surface area contributed by atoms with Crippen LogP contribution in [0.2, 0.25) is 0 Å². The number of carboxylic acids is 1. The van der Waals surface area contributed by atoms with Gasteiger partial charge in [0.1, 0.15) is 5.49 Å². The third-order valence-electron chi connectivity index (χ3n) is 9.32. The molecule has 0 amide bonds. The molecule has 5 aliphatic rings. The van der Waals surface area contributed by atoms with Crippen LogP contribution in [0.25, 0.3) is 0 Å². The molecule has 7 nitrogen and oxygen atoms in total. The number of hydrogen-bond acceptors (Lipinski definition) is 5. The number of piperidine rings is 1. The third-order valence-corrected chi connectivity index (χ3v) is 9.32. The van der Waals surface area contributed by atoms with Gasteiger partial charge in [0.05, 0.1) is 17.8 Å². The van der Waals surface area contributed by atoms with E-state index >= 15 is 0 Å². The predicted octanol–water partition coefficient (Wildman–Crippen LogP) is 2.78. The average molecular weight is 438 g/mol. The number of carbonyl (C=O) groups is 1. The van der Waals surface area contributed by atoms with Crippen molar-refractivity contribution in [3.63, 3.8) is 0 Å². The molecule has 2 aliphatic heterocycles. The lowest BCUT2D eigenvalue weighted by molar-refractivity contribution is -0.140. The summed E-state index contributed by atoms with van der Waals surface area (Å²) in [6.07, 6.45) is 10.3. The summed E-state index contributed by atoms with van der Waals surface area (Å²) < 4.78 is 1.76. The molecule has 4 atom stereocenters. The number of rotatable bonds is 5. The lowest BCUT2D eigenvalue weighted by Gasteiger charge is -2.61. The number of aliphatic carboxylic acids is 1. The largest absolute Gasteiger partial charge is 0.481 e. The van der Waals surface area contributed by atoms with Crippen LogP contribution in [-0.2, 0) is 4.79 Å². The monoisotopic (exact) mass is 437 g/mol. The number of nitrogens with one attached hydrogen (secondary N) is 1. The summed E-state index contributed by atoms with van der Waals surface area (Å²) in [5.74, 6) is 1.37. The Hall–Kier alpha value is -2.15. The normalized spacial score (nSPS) is 40.5. The van der Waals surface area contributed by atoms with Gasteiger partial charge in [0, 0.05) is 38.4 Å². The molecule has 0 aromatic carbocycles. The molecule has 32 heavy (non-hydrogen) atoms. The molecular formula is C25H35N5O2. The van der Waals surface area contributed by atoms with E-state index in [1.165, 1.54) is 37.8 Å². The summed E-state index contributed by atoms with van der Waals surface area (Å²) in [4.78, 5) is 16.3. The van der Waals surface area contributed by atoms with Crippen LogP contribution in [0.1, 0.15) is 44.6 Å². The zero-order valence-electron chi connectivity index (χ0n) is 19.2. The van der Waals surface area contributed by atoms with Gasteiger partial charge >= 0.3 is 5.97 Å². The lowest BCUT2D eigenvalue weighted by Crippen LogP contribution is -2.61. The molecule has 3 saturated carbocycles. The molecule has 6 rings (SSSR count). The Bertz CT molecular complexity index is 1010. The molecule has 7 heteroatoms. The van der Waals surface area contributed by atoms with Gasteiger partial charge in [-0.2, -0.15) is 5.10 Å². The highest BCUT2D eigenvalue weighted by molar-refractivity contribution is 5.74. The Balaban J connectivity index is 1.08. The summed E-state index contributed by atoms with van der Waals surface area (Å²) in [5.41, 5.74) is 3.05. The Labute approximate surface area is 189 Å². The van der Waals surface area contributed by atoms with E-state index in [9.17, 15) is 9.90 Å². The summed E-state index contributed by atoms with van der Waals surface area (Å²) in [7, 11) is 0. The minimum absolute atomic E-state index is 0.0670. The molecule has 1 aromatic rings. The number of likely N-dealkylation sites (tertiary alicyclic amines) is 1. The van der Waals surface area contributed by atoms with Crippen LogP contribution in [0.3, 0.4) is 0 Å². The first-order valence-corrected chi connectivity index (χ1v) is 12.4. The van der Waals surface area contributed by atoms with E-state index in [0.29, 0.717) is 34.7 Å². The quantitative estimate of drug-likeness (QED) is 0.694. The Morgan fingerprint density at radius 1 is 1.25 bits per heavy atom. The molecule has 0 bridgehead atoms. The number of pyridine rings is 1. The summed E-state index contributed by atoms with van der Waals surface area (Å²) in [5, 5.41) is 22.5. The second-order valence-corrected chi connectivity index (χ2v) is 11.4. The minimum atomic E-state index is -0.590. The maximum absolute atomic E-state index is 11.3. The number of aryl methyl sites for hydroxylation is 1. The van der Waals surface area contributed by atoms with E-state index < -0.39 is 5.97 Å². The predicted molar refractivity (Wildman–Crippen MR) is 123 cm³/mol. The maximum atomic E-state index is 11.3. The highest BCUT2D eigenvalue weighted by Gasteiger charge is 2.64. The Morgan fingerprint density at radius 2 is 2.00 bits per heavy atom. The van der Waals surface area contributed by atoms with Crippen molar-refractivity contribution in [3.05, 3.63) is 23.3 Å². The van der Waals surface area contributed by atoms with Gasteiger partial charge in [-0.1, -0.05) is 6.92 Å². The average Bonchev–Trinajstić information content (AvgIpc) is 3.00. The second-order valence-electron chi connectivity index (χ2n) is 11.4. The number of carboxylic acid groups (broad SMARTS) is 1. The maximum Gasteiger partial charge on any atom is 0.307 e. The lowest BCUT2D eigenvalue weighted by atomic mass is 9.49. The van der Waals surface area contributed by atoms with Crippen molar-refractivity contribution in [2.45, 2.75) is 52.0 Å². The highest BCUT2D eigenvalue weighted by atomic mass is 16.4. The van der Waals surface area contributed by atoms with Crippen molar-refractivity contribution in [1.29, 1.82) is 5.41 Å². The van der Waals surface area contributed by atoms with E-state index in [2.05, 4.69) is 29.0 Å². The van der Waals surface area contributed by atoms with Crippen molar-refractivity contribution in [2.75, 3.05) is 31.1 Å². The first kappa shape index (κ1) is 20.5. The van der Waals surface area contributed by atoms with Crippen molar-refractivity contribution in [1.82, 2.24) is 9.58 Å². The van der Waals surface area contributed by atoms with Crippen molar-refractivity contribution >= 4 is 17.9 Å². The molecule has 5 fully saturated rings. The minimum Gasteiger partial charge on any atom is -0.481 e. The number of fused-ring (bicyclic) bond motifs is 1. The second kappa shape index (κ2) is 7.17. The molecule has 1 aromatic heterocycles. The van der Waals surface area contributed by atoms with E-state index in [4.69, 9.17) is 10.5 Å². The fourth-order valence-electron chi connectivity index (χ4n) is 7.30. The van der Waals surface area contributed by atoms with Crippen LogP contribution in [-0.4, -0.2) is 59.1 Å². The number of aromatic nitrogens is 1. The number of hydrogen-bond donors (Lipinski definition) is 2. The molecule has 3 heterocycles. The van der Waals surface area contributed by atoms with E-state index in [1.807, 2.05) is 13.1 Å². The van der Waals surface area contributed by atoms with Gasteiger partial charge in [0.25, 0.3) is 0 Å². The molecule has 172 valence electrons. The Morgan fingerprint density at radius 3 is 2.59 bits per heavy atom. The van der Waals surface area contributed by atoms with Crippen LogP contribution in [0.15, 0.2) is 17.4 Å². The van der Waals surface area contributed by atoms with Gasteiger partial charge in [0.15, 0.2) is 0 Å². The van der Waals surface area contributed by atoms with E-state index in [-0.39, 0.29) is 5.92 Å². The zero-order chi connectivity index (χ0) is 22.2. The first-order valence-electron chi connectivity index (χ1n) is 12.4. The topological polar surface area (TPSA) is 84.9 Å². The zero-order valence-corrected chi connectivity index (χ0v) is 19.2. The van der Waals surface area contributed by atoms with Crippen molar-refractivity contribution in [2.24, 2.45) is 40.1 Å². The van der Waals surface area contributed by atoms with E-state index in [1.54, 1.807) is 4.68 Å². The fourth-order valence-corrected chi connectivity index (χ4v) is 7.30. The molecule has 1 spiro atoms. The number of anilines is 1. The third kappa shape index (κ3) is 3.15. The molecule has 3 aliphatic carbocycles. The molecule has 0 radical (unpaired) electrons. The number of nitrogens with zero attached hydrogens (tertiary/aromatic N) is 4. The van der Waals surface area contributed by atoms with Crippen LogP contribution >= 0.6 is 0 Å². The van der Waals surface area contributed by atoms with E-state index in [0.717, 1.165) is 37.7 Å². The van der Waals surface area contributed by atoms with Gasteiger partial charge < -0.3 is 10.0 Å². The fraction of sp³-hybridized carbons (Fsp3) is 0.720. The summed E-state index contributed by atoms with van der Waals surface area (Å²) in [6.45, 7) is 8.45. The van der Waals surface area contributed by atoms with Gasteiger partial charge in [0.2, 0.25) is 0 Å². The van der Waals surface area contributed by atoms with Crippen molar-refractivity contribution < 1.29 is 9.90 Å². The molecule has 2 saturated heterocycles. The smallest absolute Gasteiger partial charge is 0.307 e. The highest BCUT2D eigenvalue weighted by Crippen LogP contribution is 2.62. The Kier molecular flexibility index (Phi) is 4.59. The van der Waals surface area contributed by atoms with Crippen LogP contribution < -0.4 is 10.4 Å². The van der Waals surface area contributed by atoms with Gasteiger partial charge in [-0.05, 0) is 79.7 Å². The summed E-state index contributed by atoms with van der Waals surface area (Å²) in [6, 6.07) is 2.77. The van der Waals surface area contributed by atoms with Crippen LogP contribution in [0.5, 0.6) is 0 Å². The summed E-state index contributed by atoms with van der Waals surface area (Å²) >= 11 is 0. The first-order chi connectivity index (χ1) is 15.3. The molecule has 2 N–H and O–H groups in total.